The van der Waals surface area contributed by atoms with Gasteiger partial charge in [-0.3, -0.25) is 0 Å². The molecule has 1 aliphatic rings. The van der Waals surface area contributed by atoms with Crippen molar-refractivity contribution in [1.82, 2.24) is 0 Å². The lowest BCUT2D eigenvalue weighted by Crippen LogP contribution is -2.38. The average Bonchev–Trinajstić information content (AvgIpc) is 2.44. The van der Waals surface area contributed by atoms with Crippen LogP contribution >= 0.6 is 0 Å². The van der Waals surface area contributed by atoms with Gasteiger partial charge in [0, 0.05) is 10.8 Å². The molecular weight excluding hydrogens is 242 g/mol. The molecule has 0 spiro atoms. The van der Waals surface area contributed by atoms with Crippen LogP contribution in [0.1, 0.15) is 24.8 Å². The smallest absolute Gasteiger partial charge is 0.0717 e. The molecule has 19 heavy (non-hydrogen) atoms. The highest BCUT2D eigenvalue weighted by atomic mass is 16.5. The monoisotopic (exact) mass is 261 g/mol. The molecule has 1 saturated carbocycles. The number of nitrogens with zero attached hydrogens (tertiary/aromatic N) is 3. The zero-order valence-corrected chi connectivity index (χ0v) is 10.9. The number of azide groups is 1. The Hall–Kier alpha value is -1.55. The molecule has 1 aliphatic carbocycles. The summed E-state index contributed by atoms with van der Waals surface area (Å²) in [5, 5.41) is 13.8. The van der Waals surface area contributed by atoms with Crippen LogP contribution in [0.15, 0.2) is 35.4 Å². The fraction of sp³-hybridized carbons (Fsp3) is 0.571. The van der Waals surface area contributed by atoms with Crippen molar-refractivity contribution >= 4 is 0 Å². The van der Waals surface area contributed by atoms with E-state index in [1.54, 1.807) is 0 Å². The molecular formula is C14H19N3O2. The van der Waals surface area contributed by atoms with Gasteiger partial charge >= 0.3 is 0 Å². The van der Waals surface area contributed by atoms with Gasteiger partial charge in [0.05, 0.1) is 25.4 Å². The Morgan fingerprint density at radius 2 is 2.11 bits per heavy atom. The Balaban J connectivity index is 1.80. The zero-order valence-electron chi connectivity index (χ0n) is 10.9. The van der Waals surface area contributed by atoms with Crippen molar-refractivity contribution in [2.24, 2.45) is 11.0 Å². The van der Waals surface area contributed by atoms with E-state index in [1.807, 2.05) is 30.3 Å². The first-order valence-electron chi connectivity index (χ1n) is 6.65. The van der Waals surface area contributed by atoms with Gasteiger partial charge in [0.25, 0.3) is 0 Å². The number of hydrogen-bond acceptors (Lipinski definition) is 3. The number of aliphatic hydroxyl groups excluding tert-OH is 1. The van der Waals surface area contributed by atoms with Gasteiger partial charge in [0.2, 0.25) is 0 Å². The van der Waals surface area contributed by atoms with Crippen LogP contribution in [0.25, 0.3) is 10.4 Å². The van der Waals surface area contributed by atoms with Crippen LogP contribution in [0.5, 0.6) is 0 Å². The molecule has 1 fully saturated rings. The van der Waals surface area contributed by atoms with E-state index in [-0.39, 0.29) is 12.0 Å². The van der Waals surface area contributed by atoms with E-state index in [1.165, 1.54) is 0 Å². The molecule has 3 atom stereocenters. The minimum Gasteiger partial charge on any atom is -0.392 e. The minimum absolute atomic E-state index is 0.0629. The van der Waals surface area contributed by atoms with Gasteiger partial charge < -0.3 is 9.84 Å². The normalized spacial score (nSPS) is 26.7. The predicted octanol–water partition coefficient (Wildman–Crippen LogP) is 3.04. The second-order valence-electron chi connectivity index (χ2n) is 4.95. The highest BCUT2D eigenvalue weighted by Gasteiger charge is 2.31. The number of rotatable bonds is 5. The van der Waals surface area contributed by atoms with Gasteiger partial charge in [0.1, 0.15) is 0 Å². The number of benzene rings is 1. The fourth-order valence-electron chi connectivity index (χ4n) is 2.52. The van der Waals surface area contributed by atoms with Crippen LogP contribution in [0.2, 0.25) is 0 Å². The lowest BCUT2D eigenvalue weighted by atomic mass is 9.84. The molecule has 1 aromatic carbocycles. The third kappa shape index (κ3) is 3.96. The molecule has 0 aromatic heterocycles. The quantitative estimate of drug-likeness (QED) is 0.502. The molecule has 0 saturated heterocycles. The summed E-state index contributed by atoms with van der Waals surface area (Å²) < 4.78 is 5.66. The second-order valence-corrected chi connectivity index (χ2v) is 4.95. The van der Waals surface area contributed by atoms with Crippen molar-refractivity contribution in [1.29, 1.82) is 0 Å². The molecule has 2 rings (SSSR count). The molecule has 0 amide bonds. The van der Waals surface area contributed by atoms with Gasteiger partial charge in [-0.25, -0.2) is 0 Å². The second kappa shape index (κ2) is 7.14. The molecule has 5 heteroatoms. The van der Waals surface area contributed by atoms with E-state index in [0.717, 1.165) is 24.8 Å². The van der Waals surface area contributed by atoms with Crippen molar-refractivity contribution in [3.8, 4) is 0 Å². The van der Waals surface area contributed by atoms with E-state index >= 15 is 0 Å². The lowest BCUT2D eigenvalue weighted by molar-refractivity contribution is -0.0101. The predicted molar refractivity (Wildman–Crippen MR) is 72.4 cm³/mol. The van der Waals surface area contributed by atoms with Crippen molar-refractivity contribution in [2.75, 3.05) is 6.61 Å². The largest absolute Gasteiger partial charge is 0.392 e. The summed E-state index contributed by atoms with van der Waals surface area (Å²) in [6.07, 6.45) is 2.08. The fourth-order valence-corrected chi connectivity index (χ4v) is 2.52. The molecule has 0 unspecified atom stereocenters. The highest BCUT2D eigenvalue weighted by molar-refractivity contribution is 5.13. The third-order valence-corrected chi connectivity index (χ3v) is 3.60. The van der Waals surface area contributed by atoms with Crippen LogP contribution in [0, 0.1) is 5.92 Å². The number of aliphatic hydroxyl groups is 1. The van der Waals surface area contributed by atoms with E-state index in [0.29, 0.717) is 13.2 Å². The highest BCUT2D eigenvalue weighted by Crippen LogP contribution is 2.27. The summed E-state index contributed by atoms with van der Waals surface area (Å²) in [6.45, 7) is 1.06. The summed E-state index contributed by atoms with van der Waals surface area (Å²) in [6, 6.07) is 9.65. The average molecular weight is 261 g/mol. The van der Waals surface area contributed by atoms with Crippen LogP contribution in [0.4, 0.5) is 0 Å². The van der Waals surface area contributed by atoms with E-state index in [9.17, 15) is 5.11 Å². The maximum Gasteiger partial charge on any atom is 0.0717 e. The standard InChI is InChI=1S/C14H19N3O2/c15-17-16-13-8-4-7-12(14(13)18)10-19-9-11-5-2-1-3-6-11/h1-3,5-6,12-14,18H,4,7-10H2/t12-,13+,14+/m1/s1. The Morgan fingerprint density at radius 3 is 2.84 bits per heavy atom. The van der Waals surface area contributed by atoms with Crippen LogP contribution in [-0.4, -0.2) is 23.9 Å². The van der Waals surface area contributed by atoms with Crippen LogP contribution in [-0.2, 0) is 11.3 Å². The van der Waals surface area contributed by atoms with Crippen LogP contribution < -0.4 is 0 Å². The summed E-state index contributed by atoms with van der Waals surface area (Å²) in [5.74, 6) is 0.0629. The van der Waals surface area contributed by atoms with Crippen molar-refractivity contribution in [3.63, 3.8) is 0 Å². The molecule has 5 nitrogen and oxygen atoms in total. The Morgan fingerprint density at radius 1 is 1.32 bits per heavy atom. The molecule has 102 valence electrons. The van der Waals surface area contributed by atoms with E-state index < -0.39 is 6.10 Å². The summed E-state index contributed by atoms with van der Waals surface area (Å²) in [5.41, 5.74) is 9.59. The molecule has 1 N–H and O–H groups in total. The SMILES string of the molecule is [N-]=[N+]=N[C@H]1CCC[C@H](COCc2ccccc2)[C@@H]1O. The summed E-state index contributed by atoms with van der Waals surface area (Å²) in [7, 11) is 0. The van der Waals surface area contributed by atoms with Crippen molar-refractivity contribution < 1.29 is 9.84 Å². The topological polar surface area (TPSA) is 78.2 Å². The first-order chi connectivity index (χ1) is 9.31. The Kier molecular flexibility index (Phi) is 5.21. The van der Waals surface area contributed by atoms with Gasteiger partial charge in [-0.15, -0.1) is 0 Å². The molecule has 0 heterocycles. The summed E-state index contributed by atoms with van der Waals surface area (Å²) >= 11 is 0. The molecule has 0 radical (unpaired) electrons. The number of ether oxygens (including phenoxy) is 1. The molecule has 0 bridgehead atoms. The van der Waals surface area contributed by atoms with Crippen molar-refractivity contribution in [2.45, 2.75) is 38.0 Å². The summed E-state index contributed by atoms with van der Waals surface area (Å²) in [4.78, 5) is 2.80. The maximum atomic E-state index is 10.1. The maximum absolute atomic E-state index is 10.1. The third-order valence-electron chi connectivity index (χ3n) is 3.60. The Labute approximate surface area is 112 Å². The van der Waals surface area contributed by atoms with Crippen molar-refractivity contribution in [3.05, 3.63) is 46.3 Å². The van der Waals surface area contributed by atoms with Gasteiger partial charge in [0.15, 0.2) is 0 Å². The number of hydrogen-bond donors (Lipinski definition) is 1. The molecule has 0 aliphatic heterocycles. The first kappa shape index (κ1) is 13.9. The van der Waals surface area contributed by atoms with Crippen LogP contribution in [0.3, 0.4) is 0 Å². The van der Waals surface area contributed by atoms with E-state index in [4.69, 9.17) is 10.3 Å². The Bertz CT molecular complexity index is 432. The first-order valence-corrected chi connectivity index (χ1v) is 6.65. The minimum atomic E-state index is -0.583. The van der Waals surface area contributed by atoms with Gasteiger partial charge in [-0.2, -0.15) is 0 Å². The van der Waals surface area contributed by atoms with E-state index in [2.05, 4.69) is 10.0 Å². The van der Waals surface area contributed by atoms with Gasteiger partial charge in [-0.1, -0.05) is 41.9 Å². The van der Waals surface area contributed by atoms with Gasteiger partial charge in [-0.05, 0) is 23.9 Å². The zero-order chi connectivity index (χ0) is 13.5. The molecule has 1 aromatic rings. The lowest BCUT2D eigenvalue weighted by Gasteiger charge is -2.32.